The number of alkyl halides is 3. The number of halogens is 3. The predicted octanol–water partition coefficient (Wildman–Crippen LogP) is 4.57. The van der Waals surface area contributed by atoms with Crippen molar-refractivity contribution in [1.82, 2.24) is 5.32 Å². The first-order chi connectivity index (χ1) is 15.0. The highest BCUT2D eigenvalue weighted by molar-refractivity contribution is 7.18. The van der Waals surface area contributed by atoms with Crippen LogP contribution in [-0.4, -0.2) is 48.6 Å². The van der Waals surface area contributed by atoms with Crippen molar-refractivity contribution in [1.29, 1.82) is 0 Å². The number of carbonyl (C=O) groups excluding carboxylic acids is 3. The molecule has 0 saturated carbocycles. The van der Waals surface area contributed by atoms with Crippen LogP contribution in [0.4, 0.5) is 5.00 Å². The quantitative estimate of drug-likeness (QED) is 0.297. The first kappa shape index (κ1) is 26.1. The van der Waals surface area contributed by atoms with E-state index in [1.54, 1.807) is 26.0 Å². The van der Waals surface area contributed by atoms with Crippen LogP contribution in [0.15, 0.2) is 24.3 Å². The van der Waals surface area contributed by atoms with Crippen molar-refractivity contribution in [3.8, 4) is 5.75 Å². The van der Waals surface area contributed by atoms with Crippen LogP contribution in [0.5, 0.6) is 5.75 Å². The normalized spacial score (nSPS) is 12.0. The summed E-state index contributed by atoms with van der Waals surface area (Å²) in [6.45, 7) is 3.39. The SMILES string of the molecule is CCOC(=O)c1sc(N[C@H](NC(=O)c2ccc(OC)cc2)C(Cl)(Cl)Cl)c(C(=O)OC)c1C. The van der Waals surface area contributed by atoms with E-state index in [1.807, 2.05) is 0 Å². The molecule has 0 aliphatic carbocycles. The average Bonchev–Trinajstić information content (AvgIpc) is 3.08. The van der Waals surface area contributed by atoms with E-state index >= 15 is 0 Å². The molecule has 1 atom stereocenters. The van der Waals surface area contributed by atoms with E-state index in [-0.39, 0.29) is 27.6 Å². The monoisotopic (exact) mass is 522 g/mol. The summed E-state index contributed by atoms with van der Waals surface area (Å²) in [5.41, 5.74) is 0.695. The molecule has 2 N–H and O–H groups in total. The Hall–Kier alpha value is -2.20. The summed E-state index contributed by atoms with van der Waals surface area (Å²) in [5.74, 6) is -1.29. The number of anilines is 1. The molecular weight excluding hydrogens is 503 g/mol. The molecule has 0 unspecified atom stereocenters. The van der Waals surface area contributed by atoms with Crippen LogP contribution in [0.25, 0.3) is 0 Å². The third kappa shape index (κ3) is 6.19. The zero-order valence-electron chi connectivity index (χ0n) is 17.6. The number of nitrogens with one attached hydrogen (secondary N) is 2. The molecule has 8 nitrogen and oxygen atoms in total. The minimum absolute atomic E-state index is 0.0681. The number of ether oxygens (including phenoxy) is 3. The van der Waals surface area contributed by atoms with Gasteiger partial charge in [0.1, 0.15) is 21.8 Å². The maximum Gasteiger partial charge on any atom is 0.348 e. The Balaban J connectivity index is 2.39. The second-order valence-corrected chi connectivity index (χ2v) is 9.68. The number of benzene rings is 1. The Kier molecular flexibility index (Phi) is 9.03. The third-order valence-electron chi connectivity index (χ3n) is 4.23. The van der Waals surface area contributed by atoms with Crippen LogP contribution >= 0.6 is 46.1 Å². The number of hydrogen-bond acceptors (Lipinski definition) is 8. The van der Waals surface area contributed by atoms with Crippen molar-refractivity contribution < 1.29 is 28.6 Å². The van der Waals surface area contributed by atoms with Gasteiger partial charge in [-0.25, -0.2) is 9.59 Å². The van der Waals surface area contributed by atoms with E-state index in [0.717, 1.165) is 11.3 Å². The summed E-state index contributed by atoms with van der Waals surface area (Å²) >= 11 is 19.2. The molecule has 2 aromatic rings. The standard InChI is InChI=1S/C20H21Cl3N2O6S/c1-5-31-18(28)14-10(2)13(17(27)30-4)16(32-14)25-19(20(21,22)23)24-15(26)11-6-8-12(29-3)9-7-11/h6-9,19,25H,5H2,1-4H3,(H,24,26)/t19-/m0/s1. The van der Waals surface area contributed by atoms with E-state index in [2.05, 4.69) is 10.6 Å². The molecule has 1 heterocycles. The molecule has 1 aromatic carbocycles. The summed E-state index contributed by atoms with van der Waals surface area (Å²) in [4.78, 5) is 37.6. The molecule has 1 amide bonds. The zero-order valence-corrected chi connectivity index (χ0v) is 20.7. The fraction of sp³-hybridized carbons (Fsp3) is 0.350. The highest BCUT2D eigenvalue weighted by Crippen LogP contribution is 2.38. The zero-order chi connectivity index (χ0) is 24.1. The summed E-state index contributed by atoms with van der Waals surface area (Å²) in [6.07, 6.45) is -1.27. The summed E-state index contributed by atoms with van der Waals surface area (Å²) in [6, 6.07) is 6.29. The maximum atomic E-state index is 12.7. The summed E-state index contributed by atoms with van der Waals surface area (Å²) in [5, 5.41) is 5.59. The lowest BCUT2D eigenvalue weighted by Gasteiger charge is -2.27. The van der Waals surface area contributed by atoms with E-state index in [4.69, 9.17) is 49.0 Å². The summed E-state index contributed by atoms with van der Waals surface area (Å²) in [7, 11) is 2.70. The van der Waals surface area contributed by atoms with Gasteiger partial charge in [-0.2, -0.15) is 0 Å². The minimum Gasteiger partial charge on any atom is -0.497 e. The number of rotatable bonds is 8. The number of carbonyl (C=O) groups is 3. The van der Waals surface area contributed by atoms with Gasteiger partial charge in [-0.3, -0.25) is 4.79 Å². The van der Waals surface area contributed by atoms with E-state index in [1.165, 1.54) is 26.4 Å². The van der Waals surface area contributed by atoms with Gasteiger partial charge in [0.25, 0.3) is 5.91 Å². The largest absolute Gasteiger partial charge is 0.497 e. The van der Waals surface area contributed by atoms with Crippen LogP contribution < -0.4 is 15.4 Å². The lowest BCUT2D eigenvalue weighted by Crippen LogP contribution is -2.49. The first-order valence-electron chi connectivity index (χ1n) is 9.20. The second kappa shape index (κ2) is 11.1. The first-order valence-corrected chi connectivity index (χ1v) is 11.2. The van der Waals surface area contributed by atoms with Gasteiger partial charge in [0.05, 0.1) is 26.4 Å². The Morgan fingerprint density at radius 2 is 1.72 bits per heavy atom. The summed E-state index contributed by atoms with van der Waals surface area (Å²) < 4.78 is 12.9. The highest BCUT2D eigenvalue weighted by Gasteiger charge is 2.37. The van der Waals surface area contributed by atoms with Crippen molar-refractivity contribution in [2.45, 2.75) is 23.8 Å². The molecule has 0 saturated heterocycles. The van der Waals surface area contributed by atoms with Crippen LogP contribution in [0.1, 0.15) is 42.9 Å². The average molecular weight is 524 g/mol. The van der Waals surface area contributed by atoms with E-state index in [9.17, 15) is 14.4 Å². The van der Waals surface area contributed by atoms with Crippen LogP contribution in [0, 0.1) is 6.92 Å². The smallest absolute Gasteiger partial charge is 0.348 e. The second-order valence-electron chi connectivity index (χ2n) is 6.29. The Morgan fingerprint density at radius 3 is 2.22 bits per heavy atom. The Morgan fingerprint density at radius 1 is 1.09 bits per heavy atom. The number of amides is 1. The van der Waals surface area contributed by atoms with Gasteiger partial charge >= 0.3 is 11.9 Å². The molecule has 32 heavy (non-hydrogen) atoms. The molecule has 0 radical (unpaired) electrons. The molecule has 0 bridgehead atoms. The third-order valence-corrected chi connectivity index (χ3v) is 6.09. The van der Waals surface area contributed by atoms with Crippen molar-refractivity contribution in [3.05, 3.63) is 45.8 Å². The molecule has 174 valence electrons. The van der Waals surface area contributed by atoms with Gasteiger partial charge in [-0.15, -0.1) is 11.3 Å². The van der Waals surface area contributed by atoms with Crippen LogP contribution in [0.3, 0.4) is 0 Å². The van der Waals surface area contributed by atoms with E-state index < -0.39 is 27.8 Å². The van der Waals surface area contributed by atoms with Gasteiger partial charge in [-0.05, 0) is 43.7 Å². The fourth-order valence-corrected chi connectivity index (χ4v) is 4.09. The van der Waals surface area contributed by atoms with Gasteiger partial charge in [0.2, 0.25) is 3.79 Å². The van der Waals surface area contributed by atoms with E-state index in [0.29, 0.717) is 11.3 Å². The van der Waals surface area contributed by atoms with Crippen molar-refractivity contribution >= 4 is 69.0 Å². The minimum atomic E-state index is -2.02. The van der Waals surface area contributed by atoms with Gasteiger partial charge in [-0.1, -0.05) is 34.8 Å². The molecule has 2 rings (SSSR count). The van der Waals surface area contributed by atoms with Crippen molar-refractivity contribution in [2.24, 2.45) is 0 Å². The maximum absolute atomic E-state index is 12.7. The fourth-order valence-electron chi connectivity index (χ4n) is 2.64. The van der Waals surface area contributed by atoms with Gasteiger partial charge in [0, 0.05) is 5.56 Å². The topological polar surface area (TPSA) is 103 Å². The van der Waals surface area contributed by atoms with Crippen molar-refractivity contribution in [3.63, 3.8) is 0 Å². The van der Waals surface area contributed by atoms with Crippen LogP contribution in [0.2, 0.25) is 0 Å². The molecule has 0 spiro atoms. The van der Waals surface area contributed by atoms with Gasteiger partial charge in [0.15, 0.2) is 0 Å². The molecule has 0 fully saturated rings. The molecule has 1 aromatic heterocycles. The molecular formula is C20H21Cl3N2O6S. The number of esters is 2. The van der Waals surface area contributed by atoms with Gasteiger partial charge < -0.3 is 24.8 Å². The molecule has 12 heteroatoms. The predicted molar refractivity (Wildman–Crippen MR) is 125 cm³/mol. The Labute approximate surface area is 204 Å². The number of methoxy groups -OCH3 is 2. The lowest BCUT2D eigenvalue weighted by molar-refractivity contribution is 0.0531. The van der Waals surface area contributed by atoms with Crippen LogP contribution in [-0.2, 0) is 9.47 Å². The molecule has 0 aliphatic rings. The molecule has 0 aliphatic heterocycles. The number of thiophene rings is 1. The Bertz CT molecular complexity index is 988. The number of hydrogen-bond donors (Lipinski definition) is 2. The highest BCUT2D eigenvalue weighted by atomic mass is 35.6. The lowest BCUT2D eigenvalue weighted by atomic mass is 10.1. The van der Waals surface area contributed by atoms with Crippen molar-refractivity contribution in [2.75, 3.05) is 26.1 Å².